The molecule has 2 aliphatic rings. The molecule has 0 amide bonds. The zero-order chi connectivity index (χ0) is 23.1. The Balaban J connectivity index is 0.000000346. The Labute approximate surface area is 188 Å². The molecule has 4 nitrogen and oxygen atoms in total. The summed E-state index contributed by atoms with van der Waals surface area (Å²) in [6.45, 7) is 21.1. The first-order valence-electron chi connectivity index (χ1n) is 12.5. The maximum absolute atomic E-state index is 11.3. The molecule has 3 N–H and O–H groups in total. The molecule has 2 fully saturated rings. The fraction of sp³-hybridized carbons (Fsp3) is 0.962. The standard InChI is InChI=1S/C17H36N2.C9H17NO/c1-6-7-8-9-10-11-12-18-15-13-16(2,3)19-17(4,5)14-15;1-8(2)5-7(11)6-9(3,4)10-8/h15,18-19H,6-14H2,1-5H3;10H,5-6H2,1-4H3. The summed E-state index contributed by atoms with van der Waals surface area (Å²) in [6, 6.07) is 0.682. The van der Waals surface area contributed by atoms with E-state index in [0.717, 1.165) is 0 Å². The molecule has 30 heavy (non-hydrogen) atoms. The van der Waals surface area contributed by atoms with Crippen molar-refractivity contribution in [2.45, 2.75) is 155 Å². The molecule has 2 heterocycles. The molecule has 0 spiro atoms. The van der Waals surface area contributed by atoms with Gasteiger partial charge in [-0.05, 0) is 81.2 Å². The third-order valence-corrected chi connectivity index (χ3v) is 6.11. The minimum Gasteiger partial charge on any atom is -0.314 e. The van der Waals surface area contributed by atoms with Crippen LogP contribution in [0.4, 0.5) is 0 Å². The van der Waals surface area contributed by atoms with Gasteiger partial charge in [0.25, 0.3) is 0 Å². The number of carbonyl (C=O) groups excluding carboxylic acids is 1. The average molecular weight is 424 g/mol. The molecular weight excluding hydrogens is 370 g/mol. The van der Waals surface area contributed by atoms with Crippen molar-refractivity contribution in [1.29, 1.82) is 0 Å². The third-order valence-electron chi connectivity index (χ3n) is 6.11. The highest BCUT2D eigenvalue weighted by Crippen LogP contribution is 2.28. The molecule has 2 saturated heterocycles. The van der Waals surface area contributed by atoms with Crippen LogP contribution in [0.25, 0.3) is 0 Å². The smallest absolute Gasteiger partial charge is 0.136 e. The van der Waals surface area contributed by atoms with Gasteiger partial charge in [-0.25, -0.2) is 0 Å². The monoisotopic (exact) mass is 423 g/mol. The summed E-state index contributed by atoms with van der Waals surface area (Å²) >= 11 is 0. The van der Waals surface area contributed by atoms with Crippen molar-refractivity contribution in [2.75, 3.05) is 6.54 Å². The van der Waals surface area contributed by atoms with E-state index in [1.165, 1.54) is 57.9 Å². The molecule has 2 aliphatic heterocycles. The second-order valence-electron chi connectivity index (χ2n) is 12.5. The van der Waals surface area contributed by atoms with E-state index in [9.17, 15) is 4.79 Å². The van der Waals surface area contributed by atoms with E-state index < -0.39 is 0 Å². The fourth-order valence-corrected chi connectivity index (χ4v) is 5.73. The Morgan fingerprint density at radius 3 is 1.63 bits per heavy atom. The van der Waals surface area contributed by atoms with Crippen LogP contribution < -0.4 is 16.0 Å². The van der Waals surface area contributed by atoms with E-state index in [4.69, 9.17) is 0 Å². The maximum atomic E-state index is 11.3. The first-order valence-corrected chi connectivity index (χ1v) is 12.5. The molecule has 0 unspecified atom stereocenters. The lowest BCUT2D eigenvalue weighted by Crippen LogP contribution is -2.61. The summed E-state index contributed by atoms with van der Waals surface area (Å²) in [5.41, 5.74) is 0.499. The van der Waals surface area contributed by atoms with Gasteiger partial charge in [0.2, 0.25) is 0 Å². The Morgan fingerprint density at radius 2 is 1.17 bits per heavy atom. The van der Waals surface area contributed by atoms with Crippen LogP contribution in [-0.4, -0.2) is 40.5 Å². The summed E-state index contributed by atoms with van der Waals surface area (Å²) in [5.74, 6) is 0.374. The molecule has 0 aliphatic carbocycles. The Kier molecular flexibility index (Phi) is 10.5. The molecule has 178 valence electrons. The zero-order valence-electron chi connectivity index (χ0n) is 21.8. The van der Waals surface area contributed by atoms with Crippen LogP contribution in [0.5, 0.6) is 0 Å². The SMILES string of the molecule is CC1(C)CC(=O)CC(C)(C)N1.CCCCCCCCNC1CC(C)(C)NC(C)(C)C1. The van der Waals surface area contributed by atoms with E-state index in [1.807, 2.05) is 0 Å². The second kappa shape index (κ2) is 11.4. The molecule has 0 atom stereocenters. The van der Waals surface area contributed by atoms with Gasteiger partial charge in [-0.2, -0.15) is 0 Å². The van der Waals surface area contributed by atoms with Crippen LogP contribution in [0.3, 0.4) is 0 Å². The van der Waals surface area contributed by atoms with Gasteiger partial charge in [-0.3, -0.25) is 4.79 Å². The van der Waals surface area contributed by atoms with Gasteiger partial charge in [0.15, 0.2) is 0 Å². The van der Waals surface area contributed by atoms with E-state index in [-0.39, 0.29) is 22.2 Å². The molecule has 0 radical (unpaired) electrons. The van der Waals surface area contributed by atoms with Crippen LogP contribution >= 0.6 is 0 Å². The Morgan fingerprint density at radius 1 is 0.733 bits per heavy atom. The summed E-state index contributed by atoms with van der Waals surface area (Å²) in [5, 5.41) is 11.0. The van der Waals surface area contributed by atoms with Crippen LogP contribution in [0, 0.1) is 0 Å². The predicted molar refractivity (Wildman–Crippen MR) is 131 cm³/mol. The highest BCUT2D eigenvalue weighted by atomic mass is 16.1. The highest BCUT2D eigenvalue weighted by Gasteiger charge is 2.37. The van der Waals surface area contributed by atoms with Crippen molar-refractivity contribution in [3.05, 3.63) is 0 Å². The molecule has 0 aromatic rings. The van der Waals surface area contributed by atoms with Crippen molar-refractivity contribution in [3.8, 4) is 0 Å². The number of piperidine rings is 2. The van der Waals surface area contributed by atoms with E-state index >= 15 is 0 Å². The van der Waals surface area contributed by atoms with Crippen molar-refractivity contribution in [2.24, 2.45) is 0 Å². The predicted octanol–water partition coefficient (Wildman–Crippen LogP) is 5.74. The van der Waals surface area contributed by atoms with Gasteiger partial charge in [0.1, 0.15) is 5.78 Å². The number of carbonyl (C=O) groups is 1. The van der Waals surface area contributed by atoms with Crippen LogP contribution in [0.2, 0.25) is 0 Å². The lowest BCUT2D eigenvalue weighted by atomic mass is 9.79. The number of ketones is 1. The van der Waals surface area contributed by atoms with Crippen molar-refractivity contribution >= 4 is 5.78 Å². The van der Waals surface area contributed by atoms with Gasteiger partial charge in [-0.1, -0.05) is 39.0 Å². The molecule has 0 bridgehead atoms. The lowest BCUT2D eigenvalue weighted by Gasteiger charge is -2.46. The Hall–Kier alpha value is -0.450. The van der Waals surface area contributed by atoms with Crippen molar-refractivity contribution < 1.29 is 4.79 Å². The summed E-state index contributed by atoms with van der Waals surface area (Å²) in [4.78, 5) is 11.3. The Bertz CT molecular complexity index is 488. The number of hydrogen-bond acceptors (Lipinski definition) is 4. The van der Waals surface area contributed by atoms with E-state index in [0.29, 0.717) is 24.7 Å². The fourth-order valence-electron chi connectivity index (χ4n) is 5.73. The molecule has 2 rings (SSSR count). The highest BCUT2D eigenvalue weighted by molar-refractivity contribution is 5.81. The first-order chi connectivity index (χ1) is 13.7. The summed E-state index contributed by atoms with van der Waals surface area (Å²) in [6.07, 6.45) is 12.1. The summed E-state index contributed by atoms with van der Waals surface area (Å²) in [7, 11) is 0. The molecule has 0 aromatic carbocycles. The van der Waals surface area contributed by atoms with Crippen molar-refractivity contribution in [1.82, 2.24) is 16.0 Å². The number of nitrogens with one attached hydrogen (secondary N) is 3. The van der Waals surface area contributed by atoms with E-state index in [2.05, 4.69) is 78.3 Å². The van der Waals surface area contributed by atoms with Gasteiger partial charge in [-0.15, -0.1) is 0 Å². The van der Waals surface area contributed by atoms with Gasteiger partial charge in [0.05, 0.1) is 0 Å². The largest absolute Gasteiger partial charge is 0.314 e. The first kappa shape index (κ1) is 27.6. The molecular formula is C26H53N3O. The van der Waals surface area contributed by atoms with Gasteiger partial charge >= 0.3 is 0 Å². The van der Waals surface area contributed by atoms with E-state index in [1.54, 1.807) is 0 Å². The quantitative estimate of drug-likeness (QED) is 0.436. The number of hydrogen-bond donors (Lipinski definition) is 3. The van der Waals surface area contributed by atoms with Crippen LogP contribution in [0.15, 0.2) is 0 Å². The molecule has 0 aromatic heterocycles. The number of unbranched alkanes of at least 4 members (excludes halogenated alkanes) is 5. The van der Waals surface area contributed by atoms with Crippen LogP contribution in [0.1, 0.15) is 127 Å². The topological polar surface area (TPSA) is 53.2 Å². The molecule has 4 heteroatoms. The maximum Gasteiger partial charge on any atom is 0.136 e. The third kappa shape index (κ3) is 11.8. The van der Waals surface area contributed by atoms with Crippen molar-refractivity contribution in [3.63, 3.8) is 0 Å². The number of Topliss-reactive ketones (excluding diaryl/α,β-unsaturated/α-hetero) is 1. The van der Waals surface area contributed by atoms with Gasteiger partial charge in [0, 0.05) is 41.0 Å². The van der Waals surface area contributed by atoms with Crippen LogP contribution in [-0.2, 0) is 4.79 Å². The number of rotatable bonds is 8. The minimum atomic E-state index is -0.0150. The second-order valence-corrected chi connectivity index (χ2v) is 12.5. The average Bonchev–Trinajstić information content (AvgIpc) is 2.48. The molecule has 0 saturated carbocycles. The zero-order valence-corrected chi connectivity index (χ0v) is 21.8. The summed E-state index contributed by atoms with van der Waals surface area (Å²) < 4.78 is 0. The normalized spacial score (nSPS) is 24.8. The lowest BCUT2D eigenvalue weighted by molar-refractivity contribution is -0.124. The van der Waals surface area contributed by atoms with Gasteiger partial charge < -0.3 is 16.0 Å². The minimum absolute atomic E-state index is 0.0150.